The molecule has 0 radical (unpaired) electrons. The molecule has 1 aromatic carbocycles. The zero-order chi connectivity index (χ0) is 16.6. The Morgan fingerprint density at radius 1 is 1.25 bits per heavy atom. The minimum atomic E-state index is -0.496. The van der Waals surface area contributed by atoms with Crippen molar-refractivity contribution in [3.63, 3.8) is 0 Å². The number of furan rings is 1. The first kappa shape index (κ1) is 14.6. The van der Waals surface area contributed by atoms with Crippen molar-refractivity contribution < 1.29 is 18.5 Å². The van der Waals surface area contributed by atoms with E-state index in [1.165, 1.54) is 0 Å². The molecular weight excluding hydrogens is 308 g/mol. The van der Waals surface area contributed by atoms with Gasteiger partial charge in [-0.25, -0.2) is 0 Å². The number of anilines is 1. The molecule has 6 nitrogen and oxygen atoms in total. The minimum Gasteiger partial charge on any atom is -0.497 e. The fourth-order valence-electron chi connectivity index (χ4n) is 2.79. The maximum absolute atomic E-state index is 12.7. The number of carbonyl (C=O) groups is 1. The average Bonchev–Trinajstić information content (AvgIpc) is 3.02. The number of methoxy groups -OCH3 is 1. The quantitative estimate of drug-likeness (QED) is 0.775. The summed E-state index contributed by atoms with van der Waals surface area (Å²) in [5.74, 6) is 1.59. The van der Waals surface area contributed by atoms with Crippen LogP contribution in [0.1, 0.15) is 18.4 Å². The van der Waals surface area contributed by atoms with Crippen LogP contribution in [0.2, 0.25) is 0 Å². The van der Waals surface area contributed by atoms with Crippen molar-refractivity contribution in [1.82, 2.24) is 5.16 Å². The monoisotopic (exact) mass is 324 g/mol. The van der Waals surface area contributed by atoms with Gasteiger partial charge in [-0.1, -0.05) is 17.3 Å². The molecule has 0 aliphatic heterocycles. The molecule has 0 bridgehead atoms. The SMILES string of the molecule is COc1ccc(C2(C(=O)Nc3cc(-c4ccco4)no3)CC2)cc1. The van der Waals surface area contributed by atoms with E-state index in [-0.39, 0.29) is 5.91 Å². The van der Waals surface area contributed by atoms with Gasteiger partial charge in [-0.15, -0.1) is 0 Å². The summed E-state index contributed by atoms with van der Waals surface area (Å²) in [5.41, 5.74) is 1.03. The number of hydrogen-bond donors (Lipinski definition) is 1. The predicted octanol–water partition coefficient (Wildman–Crippen LogP) is 3.61. The van der Waals surface area contributed by atoms with E-state index in [1.807, 2.05) is 24.3 Å². The summed E-state index contributed by atoms with van der Waals surface area (Å²) in [6, 6.07) is 12.8. The standard InChI is InChI=1S/C18H16N2O4/c1-22-13-6-4-12(5-7-13)18(8-9-18)17(21)19-16-11-14(20-24-16)15-3-2-10-23-15/h2-7,10-11H,8-9H2,1H3,(H,19,21). The Morgan fingerprint density at radius 3 is 2.67 bits per heavy atom. The van der Waals surface area contributed by atoms with Gasteiger partial charge in [0.2, 0.25) is 11.8 Å². The maximum Gasteiger partial charge on any atom is 0.237 e. The normalized spacial score (nSPS) is 15.0. The molecule has 2 aromatic heterocycles. The lowest BCUT2D eigenvalue weighted by molar-refractivity contribution is -0.118. The van der Waals surface area contributed by atoms with E-state index in [4.69, 9.17) is 13.7 Å². The van der Waals surface area contributed by atoms with Crippen LogP contribution >= 0.6 is 0 Å². The van der Waals surface area contributed by atoms with Crippen LogP contribution < -0.4 is 10.1 Å². The molecule has 0 saturated heterocycles. The van der Waals surface area contributed by atoms with Crippen molar-refractivity contribution in [2.24, 2.45) is 0 Å². The second-order valence-corrected chi connectivity index (χ2v) is 5.82. The Bertz CT molecular complexity index is 846. The first-order valence-corrected chi connectivity index (χ1v) is 7.68. The topological polar surface area (TPSA) is 77.5 Å². The molecule has 6 heteroatoms. The second-order valence-electron chi connectivity index (χ2n) is 5.82. The van der Waals surface area contributed by atoms with Gasteiger partial charge in [0.05, 0.1) is 18.8 Å². The number of ether oxygens (including phenoxy) is 1. The summed E-state index contributed by atoms with van der Waals surface area (Å²) in [7, 11) is 1.62. The van der Waals surface area contributed by atoms with Gasteiger partial charge in [-0.2, -0.15) is 0 Å². The number of aromatic nitrogens is 1. The van der Waals surface area contributed by atoms with Gasteiger partial charge >= 0.3 is 0 Å². The Hall–Kier alpha value is -3.02. The summed E-state index contributed by atoms with van der Waals surface area (Å²) >= 11 is 0. The lowest BCUT2D eigenvalue weighted by Crippen LogP contribution is -2.27. The molecule has 1 N–H and O–H groups in total. The highest BCUT2D eigenvalue weighted by Crippen LogP contribution is 2.49. The molecule has 0 atom stereocenters. The zero-order valence-electron chi connectivity index (χ0n) is 13.1. The number of benzene rings is 1. The predicted molar refractivity (Wildman–Crippen MR) is 86.7 cm³/mol. The van der Waals surface area contributed by atoms with Crippen LogP contribution in [0.3, 0.4) is 0 Å². The van der Waals surface area contributed by atoms with Gasteiger partial charge in [0, 0.05) is 6.07 Å². The Kier molecular flexibility index (Phi) is 3.37. The van der Waals surface area contributed by atoms with Crippen LogP contribution in [0, 0.1) is 0 Å². The molecule has 1 saturated carbocycles. The number of carbonyl (C=O) groups excluding carboxylic acids is 1. The highest BCUT2D eigenvalue weighted by atomic mass is 16.5. The third kappa shape index (κ3) is 2.46. The lowest BCUT2D eigenvalue weighted by atomic mass is 9.95. The summed E-state index contributed by atoms with van der Waals surface area (Å²) < 4.78 is 15.6. The van der Waals surface area contributed by atoms with E-state index in [2.05, 4.69) is 10.5 Å². The third-order valence-electron chi connectivity index (χ3n) is 4.35. The van der Waals surface area contributed by atoms with Gasteiger partial charge in [-0.05, 0) is 42.7 Å². The van der Waals surface area contributed by atoms with Crippen molar-refractivity contribution in [3.8, 4) is 17.2 Å². The fourth-order valence-corrected chi connectivity index (χ4v) is 2.79. The summed E-state index contributed by atoms with van der Waals surface area (Å²) in [6.07, 6.45) is 3.18. The van der Waals surface area contributed by atoms with Crippen molar-refractivity contribution >= 4 is 11.8 Å². The van der Waals surface area contributed by atoms with Crippen LogP contribution in [-0.2, 0) is 10.2 Å². The van der Waals surface area contributed by atoms with E-state index in [0.717, 1.165) is 24.2 Å². The van der Waals surface area contributed by atoms with E-state index >= 15 is 0 Å². The Balaban J connectivity index is 1.51. The smallest absolute Gasteiger partial charge is 0.237 e. The zero-order valence-corrected chi connectivity index (χ0v) is 13.1. The van der Waals surface area contributed by atoms with E-state index < -0.39 is 5.41 Å². The molecule has 0 unspecified atom stereocenters. The Labute approximate surface area is 138 Å². The highest BCUT2D eigenvalue weighted by Gasteiger charge is 2.51. The summed E-state index contributed by atoms with van der Waals surface area (Å²) in [5, 5.41) is 6.72. The van der Waals surface area contributed by atoms with E-state index in [1.54, 1.807) is 31.6 Å². The van der Waals surface area contributed by atoms with Crippen molar-refractivity contribution in [3.05, 3.63) is 54.3 Å². The molecule has 122 valence electrons. The largest absolute Gasteiger partial charge is 0.497 e. The Morgan fingerprint density at radius 2 is 2.04 bits per heavy atom. The van der Waals surface area contributed by atoms with E-state index in [9.17, 15) is 4.79 Å². The number of amides is 1. The van der Waals surface area contributed by atoms with Crippen molar-refractivity contribution in [1.29, 1.82) is 0 Å². The minimum absolute atomic E-state index is 0.0881. The molecule has 1 fully saturated rings. The molecule has 3 aromatic rings. The maximum atomic E-state index is 12.7. The van der Waals surface area contributed by atoms with Crippen LogP contribution in [0.4, 0.5) is 5.88 Å². The number of hydrogen-bond acceptors (Lipinski definition) is 5. The molecule has 24 heavy (non-hydrogen) atoms. The summed E-state index contributed by atoms with van der Waals surface area (Å²) in [4.78, 5) is 12.7. The van der Waals surface area contributed by atoms with Crippen LogP contribution in [-0.4, -0.2) is 18.2 Å². The fraction of sp³-hybridized carbons (Fsp3) is 0.222. The van der Waals surface area contributed by atoms with E-state index in [0.29, 0.717) is 17.3 Å². The van der Waals surface area contributed by atoms with Crippen LogP contribution in [0.15, 0.2) is 57.7 Å². The average molecular weight is 324 g/mol. The molecule has 1 amide bonds. The third-order valence-corrected chi connectivity index (χ3v) is 4.35. The van der Waals surface area contributed by atoms with Gasteiger partial charge in [-0.3, -0.25) is 10.1 Å². The van der Waals surface area contributed by atoms with Crippen molar-refractivity contribution in [2.45, 2.75) is 18.3 Å². The van der Waals surface area contributed by atoms with Crippen LogP contribution in [0.5, 0.6) is 5.75 Å². The first-order valence-electron chi connectivity index (χ1n) is 7.68. The highest BCUT2D eigenvalue weighted by molar-refractivity contribution is 6.00. The first-order chi connectivity index (χ1) is 11.7. The number of nitrogens with one attached hydrogen (secondary N) is 1. The molecule has 4 rings (SSSR count). The second kappa shape index (κ2) is 5.56. The van der Waals surface area contributed by atoms with Crippen LogP contribution in [0.25, 0.3) is 11.5 Å². The van der Waals surface area contributed by atoms with Gasteiger partial charge in [0.15, 0.2) is 11.5 Å². The molecule has 2 heterocycles. The molecule has 1 aliphatic rings. The van der Waals surface area contributed by atoms with Gasteiger partial charge in [0.25, 0.3) is 0 Å². The molecule has 1 aliphatic carbocycles. The molecular formula is C18H16N2O4. The van der Waals surface area contributed by atoms with Crippen molar-refractivity contribution in [2.75, 3.05) is 12.4 Å². The number of nitrogens with zero attached hydrogens (tertiary/aromatic N) is 1. The van der Waals surface area contributed by atoms with Gasteiger partial charge < -0.3 is 13.7 Å². The lowest BCUT2D eigenvalue weighted by Gasteiger charge is -2.14. The summed E-state index contributed by atoms with van der Waals surface area (Å²) in [6.45, 7) is 0. The van der Waals surface area contributed by atoms with Gasteiger partial charge in [0.1, 0.15) is 5.75 Å². The molecule has 0 spiro atoms. The number of rotatable bonds is 5.